The van der Waals surface area contributed by atoms with Gasteiger partial charge in [-0.15, -0.1) is 0 Å². The molecule has 2 aromatic rings. The van der Waals surface area contributed by atoms with E-state index in [1.165, 1.54) is 16.5 Å². The van der Waals surface area contributed by atoms with Crippen LogP contribution >= 0.6 is 0 Å². The van der Waals surface area contributed by atoms with Crippen molar-refractivity contribution in [3.63, 3.8) is 0 Å². The van der Waals surface area contributed by atoms with Crippen molar-refractivity contribution in [2.45, 2.75) is 25.9 Å². The minimum Gasteiger partial charge on any atom is -0.383 e. The molecule has 17 heavy (non-hydrogen) atoms. The van der Waals surface area contributed by atoms with Crippen LogP contribution in [-0.4, -0.2) is 24.7 Å². The second kappa shape index (κ2) is 5.84. The third-order valence-corrected chi connectivity index (χ3v) is 3.07. The molecular formula is C14H20N2O. The van der Waals surface area contributed by atoms with Crippen molar-refractivity contribution in [3.05, 3.63) is 36.0 Å². The molecule has 1 atom stereocenters. The molecule has 0 spiro atoms. The summed E-state index contributed by atoms with van der Waals surface area (Å²) in [6, 6.07) is 9.04. The third-order valence-electron chi connectivity index (χ3n) is 3.07. The Morgan fingerprint density at radius 1 is 1.35 bits per heavy atom. The summed E-state index contributed by atoms with van der Waals surface area (Å²) in [6.07, 6.45) is 3.06. The van der Waals surface area contributed by atoms with E-state index in [4.69, 9.17) is 4.74 Å². The van der Waals surface area contributed by atoms with Crippen molar-refractivity contribution in [2.24, 2.45) is 0 Å². The molecule has 0 fully saturated rings. The Kier molecular flexibility index (Phi) is 4.18. The Labute approximate surface area is 102 Å². The number of aromatic amines is 1. The van der Waals surface area contributed by atoms with Crippen LogP contribution in [-0.2, 0) is 11.3 Å². The molecule has 1 aromatic heterocycles. The highest BCUT2D eigenvalue weighted by Gasteiger charge is 2.05. The average Bonchev–Trinajstić information content (AvgIpc) is 2.81. The molecule has 0 amide bonds. The fourth-order valence-electron chi connectivity index (χ4n) is 1.99. The number of rotatable bonds is 6. The Bertz CT molecular complexity index is 464. The first-order valence-electron chi connectivity index (χ1n) is 6.12. The molecule has 0 aliphatic carbocycles. The van der Waals surface area contributed by atoms with Gasteiger partial charge in [0.15, 0.2) is 0 Å². The summed E-state index contributed by atoms with van der Waals surface area (Å²) < 4.78 is 5.17. The van der Waals surface area contributed by atoms with Crippen molar-refractivity contribution >= 4 is 10.9 Å². The van der Waals surface area contributed by atoms with Crippen molar-refractivity contribution in [1.82, 2.24) is 10.3 Å². The number of hydrogen-bond acceptors (Lipinski definition) is 2. The topological polar surface area (TPSA) is 37.0 Å². The maximum Gasteiger partial charge on any atom is 0.0615 e. The van der Waals surface area contributed by atoms with E-state index in [9.17, 15) is 0 Å². The molecule has 0 saturated carbocycles. The van der Waals surface area contributed by atoms with Gasteiger partial charge >= 0.3 is 0 Å². The minimum atomic E-state index is 0.430. The van der Waals surface area contributed by atoms with Gasteiger partial charge in [0.25, 0.3) is 0 Å². The summed E-state index contributed by atoms with van der Waals surface area (Å²) in [5.74, 6) is 0. The predicted octanol–water partition coefficient (Wildman–Crippen LogP) is 2.68. The molecule has 0 saturated heterocycles. The van der Waals surface area contributed by atoms with Crippen LogP contribution in [0.25, 0.3) is 10.9 Å². The Morgan fingerprint density at radius 2 is 2.24 bits per heavy atom. The van der Waals surface area contributed by atoms with Crippen LogP contribution in [0, 0.1) is 0 Å². The van der Waals surface area contributed by atoms with Crippen molar-refractivity contribution in [1.29, 1.82) is 0 Å². The quantitative estimate of drug-likeness (QED) is 0.803. The van der Waals surface area contributed by atoms with Gasteiger partial charge in [-0.05, 0) is 29.5 Å². The number of hydrogen-bond donors (Lipinski definition) is 2. The van der Waals surface area contributed by atoms with E-state index < -0.39 is 0 Å². The second-order valence-corrected chi connectivity index (χ2v) is 4.34. The fourth-order valence-corrected chi connectivity index (χ4v) is 1.99. The van der Waals surface area contributed by atoms with Crippen LogP contribution in [0.2, 0.25) is 0 Å². The van der Waals surface area contributed by atoms with E-state index in [0.29, 0.717) is 6.04 Å². The number of ether oxygens (including phenoxy) is 1. The fraction of sp³-hybridized carbons (Fsp3) is 0.429. The molecule has 1 heterocycles. The maximum atomic E-state index is 5.17. The molecule has 3 heteroatoms. The van der Waals surface area contributed by atoms with Crippen molar-refractivity contribution in [3.8, 4) is 0 Å². The zero-order valence-electron chi connectivity index (χ0n) is 10.5. The zero-order valence-corrected chi connectivity index (χ0v) is 10.5. The van der Waals surface area contributed by atoms with E-state index in [1.807, 2.05) is 6.20 Å². The molecule has 0 bridgehead atoms. The standard InChI is InChI=1S/C14H20N2O/c1-3-13(10-17-2)16-9-11-4-5-12-6-7-15-14(12)8-11/h4-8,13,15-16H,3,9-10H2,1-2H3. The lowest BCUT2D eigenvalue weighted by Crippen LogP contribution is -2.31. The van der Waals surface area contributed by atoms with Gasteiger partial charge in [0.05, 0.1) is 6.61 Å². The number of aromatic nitrogens is 1. The van der Waals surface area contributed by atoms with E-state index in [-0.39, 0.29) is 0 Å². The van der Waals surface area contributed by atoms with Crippen LogP contribution in [0.5, 0.6) is 0 Å². The van der Waals surface area contributed by atoms with Gasteiger partial charge in [-0.3, -0.25) is 0 Å². The van der Waals surface area contributed by atoms with Gasteiger partial charge in [0.1, 0.15) is 0 Å². The zero-order chi connectivity index (χ0) is 12.1. The minimum absolute atomic E-state index is 0.430. The van der Waals surface area contributed by atoms with E-state index in [0.717, 1.165) is 19.6 Å². The summed E-state index contributed by atoms with van der Waals surface area (Å²) in [5, 5.41) is 4.77. The first-order chi connectivity index (χ1) is 8.33. The number of nitrogens with one attached hydrogen (secondary N) is 2. The van der Waals surface area contributed by atoms with Crippen LogP contribution < -0.4 is 5.32 Å². The summed E-state index contributed by atoms with van der Waals surface area (Å²) in [5.41, 5.74) is 2.50. The summed E-state index contributed by atoms with van der Waals surface area (Å²) in [7, 11) is 1.75. The normalized spacial score (nSPS) is 13.1. The van der Waals surface area contributed by atoms with Gasteiger partial charge in [-0.1, -0.05) is 19.1 Å². The van der Waals surface area contributed by atoms with Gasteiger partial charge in [0, 0.05) is 31.4 Å². The summed E-state index contributed by atoms with van der Waals surface area (Å²) >= 11 is 0. The highest BCUT2D eigenvalue weighted by molar-refractivity contribution is 5.79. The summed E-state index contributed by atoms with van der Waals surface area (Å²) in [6.45, 7) is 3.82. The monoisotopic (exact) mass is 232 g/mol. The SMILES string of the molecule is CCC(COC)NCc1ccc2cc[nH]c2c1. The van der Waals surface area contributed by atoms with E-state index in [1.54, 1.807) is 7.11 Å². The lowest BCUT2D eigenvalue weighted by Gasteiger charge is -2.15. The highest BCUT2D eigenvalue weighted by Crippen LogP contribution is 2.14. The number of benzene rings is 1. The molecule has 0 aliphatic rings. The molecule has 2 N–H and O–H groups in total. The van der Waals surface area contributed by atoms with E-state index in [2.05, 4.69) is 41.5 Å². The Balaban J connectivity index is 1.97. The molecule has 1 aromatic carbocycles. The molecule has 92 valence electrons. The molecule has 2 rings (SSSR count). The number of H-pyrrole nitrogens is 1. The average molecular weight is 232 g/mol. The van der Waals surface area contributed by atoms with Crippen molar-refractivity contribution in [2.75, 3.05) is 13.7 Å². The maximum absolute atomic E-state index is 5.17. The first-order valence-corrected chi connectivity index (χ1v) is 6.12. The predicted molar refractivity (Wildman–Crippen MR) is 71.1 cm³/mol. The smallest absolute Gasteiger partial charge is 0.0615 e. The largest absolute Gasteiger partial charge is 0.383 e. The molecular weight excluding hydrogens is 212 g/mol. The summed E-state index contributed by atoms with van der Waals surface area (Å²) in [4.78, 5) is 3.23. The van der Waals surface area contributed by atoms with Gasteiger partial charge < -0.3 is 15.0 Å². The van der Waals surface area contributed by atoms with Crippen molar-refractivity contribution < 1.29 is 4.74 Å². The molecule has 3 nitrogen and oxygen atoms in total. The van der Waals surface area contributed by atoms with Crippen LogP contribution in [0.15, 0.2) is 30.5 Å². The molecule has 0 radical (unpaired) electrons. The lowest BCUT2D eigenvalue weighted by atomic mass is 10.1. The number of fused-ring (bicyclic) bond motifs is 1. The van der Waals surface area contributed by atoms with E-state index >= 15 is 0 Å². The second-order valence-electron chi connectivity index (χ2n) is 4.34. The Morgan fingerprint density at radius 3 is 3.00 bits per heavy atom. The van der Waals surface area contributed by atoms with Crippen LogP contribution in [0.4, 0.5) is 0 Å². The van der Waals surface area contributed by atoms with Gasteiger partial charge in [-0.2, -0.15) is 0 Å². The van der Waals surface area contributed by atoms with Crippen LogP contribution in [0.1, 0.15) is 18.9 Å². The molecule has 1 unspecified atom stereocenters. The third kappa shape index (κ3) is 3.08. The molecule has 0 aliphatic heterocycles. The Hall–Kier alpha value is -1.32. The van der Waals surface area contributed by atoms with Gasteiger partial charge in [-0.25, -0.2) is 0 Å². The first kappa shape index (κ1) is 12.1. The van der Waals surface area contributed by atoms with Crippen LogP contribution in [0.3, 0.4) is 0 Å². The highest BCUT2D eigenvalue weighted by atomic mass is 16.5. The number of methoxy groups -OCH3 is 1. The van der Waals surface area contributed by atoms with Gasteiger partial charge in [0.2, 0.25) is 0 Å². The lowest BCUT2D eigenvalue weighted by molar-refractivity contribution is 0.164.